The molecule has 60 valence electrons. The van der Waals surface area contributed by atoms with Gasteiger partial charge in [-0.05, 0) is 25.9 Å². The standard InChI is InChI=1S/C8H18N2/c1-7(2)8-9-5-4-6-10(8)3/h7-9H,4-6H2,1-3H3/t8-/m0/s1. The highest BCUT2D eigenvalue weighted by molar-refractivity contribution is 4.74. The highest BCUT2D eigenvalue weighted by Gasteiger charge is 2.20. The molecule has 1 saturated heterocycles. The second kappa shape index (κ2) is 3.35. The minimum atomic E-state index is 0.605. The summed E-state index contributed by atoms with van der Waals surface area (Å²) in [7, 11) is 2.19. The molecule has 1 atom stereocenters. The summed E-state index contributed by atoms with van der Waals surface area (Å²) in [5.74, 6) is 0.727. The lowest BCUT2D eigenvalue weighted by Crippen LogP contribution is -2.52. The van der Waals surface area contributed by atoms with Gasteiger partial charge in [0.2, 0.25) is 0 Å². The topological polar surface area (TPSA) is 15.3 Å². The molecule has 2 nitrogen and oxygen atoms in total. The van der Waals surface area contributed by atoms with Gasteiger partial charge in [-0.25, -0.2) is 0 Å². The van der Waals surface area contributed by atoms with Crippen LogP contribution in [0.3, 0.4) is 0 Å². The molecule has 0 saturated carbocycles. The van der Waals surface area contributed by atoms with Crippen LogP contribution in [0.4, 0.5) is 0 Å². The van der Waals surface area contributed by atoms with E-state index in [9.17, 15) is 0 Å². The fraction of sp³-hybridized carbons (Fsp3) is 1.00. The van der Waals surface area contributed by atoms with Crippen molar-refractivity contribution in [3.05, 3.63) is 0 Å². The van der Waals surface area contributed by atoms with Crippen LogP contribution in [-0.2, 0) is 0 Å². The second-order valence-electron chi connectivity index (χ2n) is 3.48. The van der Waals surface area contributed by atoms with Gasteiger partial charge in [-0.1, -0.05) is 13.8 Å². The molecule has 10 heavy (non-hydrogen) atoms. The molecule has 1 rings (SSSR count). The average Bonchev–Trinajstić information content (AvgIpc) is 1.88. The van der Waals surface area contributed by atoms with E-state index in [1.165, 1.54) is 19.5 Å². The lowest BCUT2D eigenvalue weighted by molar-refractivity contribution is 0.124. The molecule has 0 aromatic carbocycles. The Morgan fingerprint density at radius 3 is 2.60 bits per heavy atom. The maximum absolute atomic E-state index is 3.49. The van der Waals surface area contributed by atoms with Crippen LogP contribution in [0.2, 0.25) is 0 Å². The van der Waals surface area contributed by atoms with Crippen LogP contribution < -0.4 is 5.32 Å². The fourth-order valence-corrected chi connectivity index (χ4v) is 1.62. The predicted octanol–water partition coefficient (Wildman–Crippen LogP) is 0.894. The third-order valence-electron chi connectivity index (χ3n) is 2.15. The van der Waals surface area contributed by atoms with Crippen LogP contribution in [0.25, 0.3) is 0 Å². The van der Waals surface area contributed by atoms with Crippen molar-refractivity contribution in [1.82, 2.24) is 10.2 Å². The van der Waals surface area contributed by atoms with Gasteiger partial charge in [-0.2, -0.15) is 0 Å². The summed E-state index contributed by atoms with van der Waals surface area (Å²) < 4.78 is 0. The number of hydrogen-bond acceptors (Lipinski definition) is 2. The lowest BCUT2D eigenvalue weighted by Gasteiger charge is -2.36. The number of nitrogens with one attached hydrogen (secondary N) is 1. The quantitative estimate of drug-likeness (QED) is 0.585. The van der Waals surface area contributed by atoms with E-state index in [-0.39, 0.29) is 0 Å². The molecule has 0 aliphatic carbocycles. The zero-order chi connectivity index (χ0) is 7.56. The van der Waals surface area contributed by atoms with Crippen LogP contribution in [0.1, 0.15) is 20.3 Å². The van der Waals surface area contributed by atoms with E-state index in [2.05, 4.69) is 31.1 Å². The average molecular weight is 142 g/mol. The summed E-state index contributed by atoms with van der Waals surface area (Å²) in [4.78, 5) is 2.40. The zero-order valence-corrected chi connectivity index (χ0v) is 7.22. The van der Waals surface area contributed by atoms with Crippen molar-refractivity contribution in [2.24, 2.45) is 5.92 Å². The molecule has 1 aliphatic heterocycles. The molecule has 1 N–H and O–H groups in total. The molecule has 0 unspecified atom stereocenters. The van der Waals surface area contributed by atoms with Gasteiger partial charge in [0.05, 0.1) is 6.17 Å². The second-order valence-corrected chi connectivity index (χ2v) is 3.48. The van der Waals surface area contributed by atoms with Gasteiger partial charge in [-0.3, -0.25) is 4.90 Å². The smallest absolute Gasteiger partial charge is 0.0618 e. The Balaban J connectivity index is 2.40. The van der Waals surface area contributed by atoms with Crippen molar-refractivity contribution in [1.29, 1.82) is 0 Å². The molecule has 1 fully saturated rings. The molecule has 0 aromatic heterocycles. The SMILES string of the molecule is CC(C)[C@H]1NCCCN1C. The normalized spacial score (nSPS) is 29.4. The molecule has 0 spiro atoms. The largest absolute Gasteiger partial charge is 0.301 e. The summed E-state index contributed by atoms with van der Waals surface area (Å²) in [5, 5.41) is 3.49. The Morgan fingerprint density at radius 2 is 2.20 bits per heavy atom. The van der Waals surface area contributed by atoms with Crippen molar-refractivity contribution >= 4 is 0 Å². The summed E-state index contributed by atoms with van der Waals surface area (Å²) in [6.45, 7) is 6.96. The van der Waals surface area contributed by atoms with E-state index in [4.69, 9.17) is 0 Å². The summed E-state index contributed by atoms with van der Waals surface area (Å²) >= 11 is 0. The van der Waals surface area contributed by atoms with E-state index >= 15 is 0 Å². The van der Waals surface area contributed by atoms with Gasteiger partial charge in [0.25, 0.3) is 0 Å². The third kappa shape index (κ3) is 1.70. The highest BCUT2D eigenvalue weighted by atomic mass is 15.3. The minimum absolute atomic E-state index is 0.605. The van der Waals surface area contributed by atoms with Crippen LogP contribution in [0.5, 0.6) is 0 Å². The maximum atomic E-state index is 3.49. The minimum Gasteiger partial charge on any atom is -0.301 e. The van der Waals surface area contributed by atoms with Crippen molar-refractivity contribution < 1.29 is 0 Å². The van der Waals surface area contributed by atoms with Gasteiger partial charge in [0, 0.05) is 6.54 Å². The third-order valence-corrected chi connectivity index (χ3v) is 2.15. The van der Waals surface area contributed by atoms with Crippen molar-refractivity contribution in [2.75, 3.05) is 20.1 Å². The van der Waals surface area contributed by atoms with Crippen molar-refractivity contribution in [3.8, 4) is 0 Å². The number of hydrogen-bond donors (Lipinski definition) is 1. The van der Waals surface area contributed by atoms with Gasteiger partial charge in [-0.15, -0.1) is 0 Å². The summed E-state index contributed by atoms with van der Waals surface area (Å²) in [6.07, 6.45) is 1.90. The van der Waals surface area contributed by atoms with Crippen molar-refractivity contribution in [2.45, 2.75) is 26.4 Å². The van der Waals surface area contributed by atoms with E-state index in [0.717, 1.165) is 5.92 Å². The molecule has 1 aliphatic rings. The number of nitrogens with zero attached hydrogens (tertiary/aromatic N) is 1. The summed E-state index contributed by atoms with van der Waals surface area (Å²) in [5.41, 5.74) is 0. The van der Waals surface area contributed by atoms with E-state index in [1.807, 2.05) is 0 Å². The Morgan fingerprint density at radius 1 is 1.50 bits per heavy atom. The van der Waals surface area contributed by atoms with Crippen molar-refractivity contribution in [3.63, 3.8) is 0 Å². The van der Waals surface area contributed by atoms with Crippen LogP contribution in [0, 0.1) is 5.92 Å². The van der Waals surface area contributed by atoms with E-state index in [1.54, 1.807) is 0 Å². The molecule has 1 heterocycles. The Bertz CT molecular complexity index is 101. The first-order valence-electron chi connectivity index (χ1n) is 4.15. The zero-order valence-electron chi connectivity index (χ0n) is 7.22. The molecule has 0 bridgehead atoms. The monoisotopic (exact) mass is 142 g/mol. The first-order valence-corrected chi connectivity index (χ1v) is 4.15. The van der Waals surface area contributed by atoms with Gasteiger partial charge < -0.3 is 5.32 Å². The predicted molar refractivity (Wildman–Crippen MR) is 43.9 cm³/mol. The molecule has 0 radical (unpaired) electrons. The van der Waals surface area contributed by atoms with Crippen LogP contribution in [0.15, 0.2) is 0 Å². The molecule has 0 aromatic rings. The Labute approximate surface area is 63.6 Å². The van der Waals surface area contributed by atoms with Crippen LogP contribution >= 0.6 is 0 Å². The van der Waals surface area contributed by atoms with Crippen LogP contribution in [-0.4, -0.2) is 31.2 Å². The van der Waals surface area contributed by atoms with E-state index in [0.29, 0.717) is 6.17 Å². The molecule has 2 heteroatoms. The summed E-state index contributed by atoms with van der Waals surface area (Å²) in [6, 6.07) is 0. The van der Waals surface area contributed by atoms with Gasteiger partial charge in [0.15, 0.2) is 0 Å². The molecular formula is C8H18N2. The van der Waals surface area contributed by atoms with Gasteiger partial charge >= 0.3 is 0 Å². The lowest BCUT2D eigenvalue weighted by atomic mass is 10.1. The van der Waals surface area contributed by atoms with Gasteiger partial charge in [0.1, 0.15) is 0 Å². The van der Waals surface area contributed by atoms with E-state index < -0.39 is 0 Å². The number of rotatable bonds is 1. The fourth-order valence-electron chi connectivity index (χ4n) is 1.62. The molecular weight excluding hydrogens is 124 g/mol. The molecule has 0 amide bonds. The Hall–Kier alpha value is -0.0800. The first-order chi connectivity index (χ1) is 4.72. The maximum Gasteiger partial charge on any atom is 0.0618 e. The highest BCUT2D eigenvalue weighted by Crippen LogP contribution is 2.09. The Kier molecular flexibility index (Phi) is 2.69. The first kappa shape index (κ1) is 8.02.